The molecule has 0 spiro atoms. The van der Waals surface area contributed by atoms with E-state index in [1.54, 1.807) is 4.57 Å². The van der Waals surface area contributed by atoms with Gasteiger partial charge in [-0.25, -0.2) is 0 Å². The molecule has 2 aromatic rings. The summed E-state index contributed by atoms with van der Waals surface area (Å²) in [5.41, 5.74) is 0.184. The fourth-order valence-electron chi connectivity index (χ4n) is 1.93. The van der Waals surface area contributed by atoms with E-state index >= 15 is 0 Å². The zero-order chi connectivity index (χ0) is 15.5. The number of aryl methyl sites for hydroxylation is 2. The van der Waals surface area contributed by atoms with Crippen LogP contribution in [0.25, 0.3) is 0 Å². The Balaban J connectivity index is 1.92. The Kier molecular flexibility index (Phi) is 4.76. The minimum Gasteiger partial charge on any atom is -0.307 e. The van der Waals surface area contributed by atoms with E-state index in [4.69, 9.17) is 0 Å². The summed E-state index contributed by atoms with van der Waals surface area (Å²) in [6, 6.07) is 5.13. The molecular weight excluding hydrogens is 303 g/mol. The van der Waals surface area contributed by atoms with Gasteiger partial charge in [-0.1, -0.05) is 12.1 Å². The third kappa shape index (κ3) is 4.13. The van der Waals surface area contributed by atoms with Crippen LogP contribution in [0, 0.1) is 0 Å². The van der Waals surface area contributed by atoms with Crippen molar-refractivity contribution in [2.45, 2.75) is 30.7 Å². The summed E-state index contributed by atoms with van der Waals surface area (Å²) < 4.78 is 50.4. The topological polar surface area (TPSA) is 47.8 Å². The van der Waals surface area contributed by atoms with E-state index in [0.717, 1.165) is 17.7 Å². The molecule has 0 aliphatic rings. The molecule has 4 nitrogen and oxygen atoms in total. The number of halogens is 3. The molecule has 0 saturated carbocycles. The predicted molar refractivity (Wildman–Crippen MR) is 72.1 cm³/mol. The Morgan fingerprint density at radius 1 is 1.24 bits per heavy atom. The zero-order valence-electron chi connectivity index (χ0n) is 11.3. The first-order valence-electron chi connectivity index (χ1n) is 6.25. The van der Waals surface area contributed by atoms with Gasteiger partial charge in [0.1, 0.15) is 6.33 Å². The number of benzene rings is 1. The van der Waals surface area contributed by atoms with Gasteiger partial charge in [0.2, 0.25) is 5.16 Å². The fourth-order valence-corrected chi connectivity index (χ4v) is 2.57. The Labute approximate surface area is 122 Å². The lowest BCUT2D eigenvalue weighted by molar-refractivity contribution is -0.137. The van der Waals surface area contributed by atoms with Crippen molar-refractivity contribution in [3.8, 4) is 0 Å². The summed E-state index contributed by atoms with van der Waals surface area (Å²) in [5, 5.41) is 7.88. The lowest BCUT2D eigenvalue weighted by Gasteiger charge is -2.08. The fraction of sp³-hybridized carbons (Fsp3) is 0.385. The van der Waals surface area contributed by atoms with Gasteiger partial charge in [-0.2, -0.15) is 13.2 Å². The van der Waals surface area contributed by atoms with Crippen molar-refractivity contribution in [2.24, 2.45) is 0 Å². The van der Waals surface area contributed by atoms with Gasteiger partial charge >= 0.3 is 6.18 Å². The molecule has 0 fully saturated rings. The van der Waals surface area contributed by atoms with E-state index in [1.165, 1.54) is 24.7 Å². The Bertz CT molecular complexity index is 622. The van der Waals surface area contributed by atoms with E-state index < -0.39 is 22.5 Å². The molecule has 0 N–H and O–H groups in total. The normalized spacial score (nSPS) is 13.3. The summed E-state index contributed by atoms with van der Waals surface area (Å²) in [5.74, 6) is 0. The first-order chi connectivity index (χ1) is 9.88. The molecule has 0 radical (unpaired) electrons. The third-order valence-electron chi connectivity index (χ3n) is 2.98. The number of nitrogens with zero attached hydrogens (tertiary/aromatic N) is 3. The van der Waals surface area contributed by atoms with Gasteiger partial charge in [0, 0.05) is 12.8 Å². The molecule has 1 aromatic heterocycles. The van der Waals surface area contributed by atoms with Crippen molar-refractivity contribution >= 4 is 10.8 Å². The first-order valence-corrected chi connectivity index (χ1v) is 7.81. The molecule has 114 valence electrons. The quantitative estimate of drug-likeness (QED) is 0.852. The molecule has 0 unspecified atom stereocenters. The smallest absolute Gasteiger partial charge is 0.307 e. The third-order valence-corrected chi connectivity index (χ3v) is 3.81. The largest absolute Gasteiger partial charge is 0.416 e. The molecule has 21 heavy (non-hydrogen) atoms. The molecule has 0 aliphatic carbocycles. The SMILES string of the molecule is C[S@@](=O)c1nncn1CCCc1ccc(C(F)(F)F)cc1. The molecule has 8 heteroatoms. The first kappa shape index (κ1) is 15.7. The summed E-state index contributed by atoms with van der Waals surface area (Å²) in [6.07, 6.45) is 0.0562. The van der Waals surface area contributed by atoms with E-state index in [9.17, 15) is 17.4 Å². The van der Waals surface area contributed by atoms with Gasteiger partial charge in [-0.15, -0.1) is 10.2 Å². The zero-order valence-corrected chi connectivity index (χ0v) is 12.1. The van der Waals surface area contributed by atoms with Crippen LogP contribution in [-0.4, -0.2) is 25.2 Å². The molecule has 1 atom stereocenters. The minimum atomic E-state index is -4.30. The van der Waals surface area contributed by atoms with Crippen LogP contribution in [-0.2, 0) is 29.9 Å². The molecule has 0 amide bonds. The van der Waals surface area contributed by atoms with Crippen LogP contribution in [0.4, 0.5) is 13.2 Å². The highest BCUT2D eigenvalue weighted by Gasteiger charge is 2.29. The van der Waals surface area contributed by atoms with Crippen LogP contribution >= 0.6 is 0 Å². The highest BCUT2D eigenvalue weighted by molar-refractivity contribution is 7.84. The monoisotopic (exact) mass is 317 g/mol. The molecule has 0 saturated heterocycles. The average Bonchev–Trinajstić information content (AvgIpc) is 2.87. The van der Waals surface area contributed by atoms with Crippen LogP contribution in [0.3, 0.4) is 0 Å². The second kappa shape index (κ2) is 6.38. The van der Waals surface area contributed by atoms with Crippen LogP contribution in [0.5, 0.6) is 0 Å². The Morgan fingerprint density at radius 2 is 1.90 bits per heavy atom. The van der Waals surface area contributed by atoms with Gasteiger partial charge < -0.3 is 4.57 Å². The second-order valence-corrected chi connectivity index (χ2v) is 5.83. The van der Waals surface area contributed by atoms with Crippen molar-refractivity contribution in [1.29, 1.82) is 0 Å². The molecule has 1 heterocycles. The minimum absolute atomic E-state index is 0.405. The highest BCUT2D eigenvalue weighted by Crippen LogP contribution is 2.29. The van der Waals surface area contributed by atoms with E-state index in [2.05, 4.69) is 10.2 Å². The lowest BCUT2D eigenvalue weighted by atomic mass is 10.1. The van der Waals surface area contributed by atoms with Crippen LogP contribution in [0.2, 0.25) is 0 Å². The van der Waals surface area contributed by atoms with Gasteiger partial charge in [-0.05, 0) is 30.5 Å². The lowest BCUT2D eigenvalue weighted by Crippen LogP contribution is -2.06. The maximum absolute atomic E-state index is 12.4. The second-order valence-electron chi connectivity index (χ2n) is 4.56. The summed E-state index contributed by atoms with van der Waals surface area (Å²) >= 11 is 0. The van der Waals surface area contributed by atoms with Crippen molar-refractivity contribution < 1.29 is 17.4 Å². The number of hydrogen-bond acceptors (Lipinski definition) is 3. The summed E-state index contributed by atoms with van der Waals surface area (Å²) in [7, 11) is -1.21. The van der Waals surface area contributed by atoms with Crippen LogP contribution < -0.4 is 0 Å². The van der Waals surface area contributed by atoms with Gasteiger partial charge in [0.25, 0.3) is 0 Å². The molecule has 1 aromatic carbocycles. The van der Waals surface area contributed by atoms with Crippen molar-refractivity contribution in [2.75, 3.05) is 6.26 Å². The van der Waals surface area contributed by atoms with Gasteiger partial charge in [-0.3, -0.25) is 4.21 Å². The van der Waals surface area contributed by atoms with Crippen molar-refractivity contribution in [3.05, 3.63) is 41.7 Å². The van der Waals surface area contributed by atoms with E-state index in [1.807, 2.05) is 0 Å². The highest BCUT2D eigenvalue weighted by atomic mass is 32.2. The Hall–Kier alpha value is -1.70. The number of rotatable bonds is 5. The Morgan fingerprint density at radius 3 is 2.48 bits per heavy atom. The molecule has 0 aliphatic heterocycles. The van der Waals surface area contributed by atoms with E-state index in [0.29, 0.717) is 24.5 Å². The van der Waals surface area contributed by atoms with Crippen molar-refractivity contribution in [3.63, 3.8) is 0 Å². The molecular formula is C13H14F3N3OS. The summed E-state index contributed by atoms with van der Waals surface area (Å²) in [4.78, 5) is 0. The standard InChI is InChI=1S/C13H14F3N3OS/c1-21(20)12-18-17-9-19(12)8-2-3-10-4-6-11(7-5-10)13(14,15)16/h4-7,9H,2-3,8H2,1H3/t21-/m1/s1. The predicted octanol–water partition coefficient (Wildman–Crippen LogP) is 2.67. The maximum atomic E-state index is 12.4. The van der Waals surface area contributed by atoms with E-state index in [-0.39, 0.29) is 0 Å². The van der Waals surface area contributed by atoms with Gasteiger partial charge in [0.05, 0.1) is 16.4 Å². The molecule has 2 rings (SSSR count). The maximum Gasteiger partial charge on any atom is 0.416 e. The number of aromatic nitrogens is 3. The number of hydrogen-bond donors (Lipinski definition) is 0. The summed E-state index contributed by atoms with van der Waals surface area (Å²) in [6.45, 7) is 0.572. The van der Waals surface area contributed by atoms with Crippen LogP contribution in [0.15, 0.2) is 35.7 Å². The average molecular weight is 317 g/mol. The van der Waals surface area contributed by atoms with Crippen molar-refractivity contribution in [1.82, 2.24) is 14.8 Å². The van der Waals surface area contributed by atoms with Gasteiger partial charge in [0.15, 0.2) is 0 Å². The van der Waals surface area contributed by atoms with Crippen LogP contribution in [0.1, 0.15) is 17.5 Å². The molecule has 0 bridgehead atoms. The number of alkyl halides is 3.